The summed E-state index contributed by atoms with van der Waals surface area (Å²) in [5, 5.41) is 0. The zero-order valence-electron chi connectivity index (χ0n) is 11.6. The molecule has 0 saturated carbocycles. The molecule has 0 radical (unpaired) electrons. The number of ether oxygens (including phenoxy) is 1. The van der Waals surface area contributed by atoms with E-state index < -0.39 is 0 Å². The van der Waals surface area contributed by atoms with Gasteiger partial charge in [-0.3, -0.25) is 0 Å². The molecule has 1 unspecified atom stereocenters. The van der Waals surface area contributed by atoms with Gasteiger partial charge in [0.2, 0.25) is 0 Å². The van der Waals surface area contributed by atoms with Gasteiger partial charge in [-0.2, -0.15) is 12.6 Å². The topological polar surface area (TPSA) is 9.23 Å². The van der Waals surface area contributed by atoms with Crippen molar-refractivity contribution in [2.75, 3.05) is 6.61 Å². The van der Waals surface area contributed by atoms with Crippen molar-refractivity contribution in [3.63, 3.8) is 0 Å². The van der Waals surface area contributed by atoms with Gasteiger partial charge in [-0.25, -0.2) is 0 Å². The second-order valence-electron chi connectivity index (χ2n) is 5.15. The maximum Gasteiger partial charge on any atom is 0.0713 e. The van der Waals surface area contributed by atoms with Crippen LogP contribution in [0, 0.1) is 0 Å². The van der Waals surface area contributed by atoms with Gasteiger partial charge in [0, 0.05) is 11.4 Å². The van der Waals surface area contributed by atoms with E-state index in [2.05, 4.69) is 40.3 Å². The Kier molecular flexibility index (Phi) is 9.53. The SMILES string of the molecule is CCCCCCCCC(OCC)C(C)(C)S. The Hall–Kier alpha value is 0.310. The van der Waals surface area contributed by atoms with Crippen LogP contribution in [-0.2, 0) is 4.74 Å². The van der Waals surface area contributed by atoms with E-state index in [1.54, 1.807) is 0 Å². The van der Waals surface area contributed by atoms with Gasteiger partial charge in [-0.05, 0) is 27.2 Å². The van der Waals surface area contributed by atoms with Crippen molar-refractivity contribution < 1.29 is 4.74 Å². The van der Waals surface area contributed by atoms with E-state index >= 15 is 0 Å². The van der Waals surface area contributed by atoms with E-state index in [4.69, 9.17) is 4.74 Å². The highest BCUT2D eigenvalue weighted by atomic mass is 32.1. The maximum atomic E-state index is 5.76. The van der Waals surface area contributed by atoms with Crippen molar-refractivity contribution in [1.82, 2.24) is 0 Å². The molecular formula is C14H30OS. The lowest BCUT2D eigenvalue weighted by Crippen LogP contribution is -2.33. The lowest BCUT2D eigenvalue weighted by molar-refractivity contribution is 0.0350. The van der Waals surface area contributed by atoms with Crippen molar-refractivity contribution in [3.8, 4) is 0 Å². The van der Waals surface area contributed by atoms with E-state index in [0.29, 0.717) is 6.10 Å². The van der Waals surface area contributed by atoms with Gasteiger partial charge in [0.05, 0.1) is 6.10 Å². The summed E-state index contributed by atoms with van der Waals surface area (Å²) in [5.74, 6) is 0. The minimum Gasteiger partial charge on any atom is -0.377 e. The van der Waals surface area contributed by atoms with Crippen molar-refractivity contribution in [2.45, 2.75) is 83.5 Å². The fraction of sp³-hybridized carbons (Fsp3) is 1.00. The zero-order chi connectivity index (χ0) is 12.4. The normalized spacial score (nSPS) is 14.1. The molecule has 0 amide bonds. The van der Waals surface area contributed by atoms with Crippen LogP contribution >= 0.6 is 12.6 Å². The second-order valence-corrected chi connectivity index (χ2v) is 6.31. The fourth-order valence-corrected chi connectivity index (χ4v) is 2.16. The maximum absolute atomic E-state index is 5.76. The Morgan fingerprint density at radius 1 is 1.00 bits per heavy atom. The van der Waals surface area contributed by atoms with Gasteiger partial charge in [0.1, 0.15) is 0 Å². The summed E-state index contributed by atoms with van der Waals surface area (Å²) in [4.78, 5) is 0. The van der Waals surface area contributed by atoms with Crippen molar-refractivity contribution >= 4 is 12.6 Å². The molecule has 1 nitrogen and oxygen atoms in total. The first kappa shape index (κ1) is 16.3. The molecule has 2 heteroatoms. The van der Waals surface area contributed by atoms with E-state index in [9.17, 15) is 0 Å². The predicted molar refractivity (Wildman–Crippen MR) is 76.5 cm³/mol. The molecule has 0 saturated heterocycles. The number of rotatable bonds is 10. The Morgan fingerprint density at radius 2 is 1.56 bits per heavy atom. The second kappa shape index (κ2) is 9.35. The van der Waals surface area contributed by atoms with Crippen LogP contribution in [0.1, 0.15) is 72.6 Å². The molecule has 0 aromatic heterocycles. The highest BCUT2D eigenvalue weighted by Crippen LogP contribution is 2.25. The fourth-order valence-electron chi connectivity index (χ4n) is 1.95. The summed E-state index contributed by atoms with van der Waals surface area (Å²) in [7, 11) is 0. The highest BCUT2D eigenvalue weighted by Gasteiger charge is 2.25. The molecule has 1 atom stereocenters. The minimum atomic E-state index is -0.0145. The molecule has 0 heterocycles. The van der Waals surface area contributed by atoms with E-state index in [1.807, 2.05) is 0 Å². The van der Waals surface area contributed by atoms with Crippen LogP contribution in [0.4, 0.5) is 0 Å². The summed E-state index contributed by atoms with van der Waals surface area (Å²) < 4.78 is 5.74. The number of hydrogen-bond acceptors (Lipinski definition) is 2. The highest BCUT2D eigenvalue weighted by molar-refractivity contribution is 7.81. The Bertz CT molecular complexity index is 151. The van der Waals surface area contributed by atoms with Gasteiger partial charge >= 0.3 is 0 Å². The molecule has 0 aromatic carbocycles. The van der Waals surface area contributed by atoms with Gasteiger partial charge in [0.15, 0.2) is 0 Å². The molecule has 0 aliphatic rings. The summed E-state index contributed by atoms with van der Waals surface area (Å²) in [6.45, 7) is 9.41. The average Bonchev–Trinajstić information content (AvgIpc) is 2.20. The quantitative estimate of drug-likeness (QED) is 0.428. The monoisotopic (exact) mass is 246 g/mol. The predicted octanol–water partition coefficient (Wildman–Crippen LogP) is 4.85. The standard InChI is InChI=1S/C14H30OS/c1-5-7-8-9-10-11-12-13(15-6-2)14(3,4)16/h13,16H,5-12H2,1-4H3. The number of hydrogen-bond donors (Lipinski definition) is 1. The molecular weight excluding hydrogens is 216 g/mol. The van der Waals surface area contributed by atoms with Crippen LogP contribution in [0.5, 0.6) is 0 Å². The number of unbranched alkanes of at least 4 members (excludes halogenated alkanes) is 5. The first-order chi connectivity index (χ1) is 7.52. The van der Waals surface area contributed by atoms with Gasteiger partial charge < -0.3 is 4.74 Å². The Balaban J connectivity index is 3.61. The summed E-state index contributed by atoms with van der Waals surface area (Å²) in [6.07, 6.45) is 9.53. The third-order valence-corrected chi connectivity index (χ3v) is 3.26. The first-order valence-corrected chi connectivity index (χ1v) is 7.31. The van der Waals surface area contributed by atoms with Gasteiger partial charge in [-0.15, -0.1) is 0 Å². The molecule has 0 aliphatic carbocycles. The van der Waals surface area contributed by atoms with Crippen LogP contribution in [0.2, 0.25) is 0 Å². The van der Waals surface area contributed by atoms with E-state index in [1.165, 1.54) is 38.5 Å². The molecule has 0 rings (SSSR count). The lowest BCUT2D eigenvalue weighted by atomic mass is 9.99. The molecule has 0 bridgehead atoms. The van der Waals surface area contributed by atoms with Crippen molar-refractivity contribution in [2.24, 2.45) is 0 Å². The smallest absolute Gasteiger partial charge is 0.0713 e. The van der Waals surface area contributed by atoms with Crippen molar-refractivity contribution in [3.05, 3.63) is 0 Å². The van der Waals surface area contributed by atoms with Gasteiger partial charge in [-0.1, -0.05) is 45.4 Å². The molecule has 0 spiro atoms. The van der Waals surface area contributed by atoms with Crippen LogP contribution in [-0.4, -0.2) is 17.5 Å². The summed E-state index contributed by atoms with van der Waals surface area (Å²) in [5.41, 5.74) is 0. The van der Waals surface area contributed by atoms with Gasteiger partial charge in [0.25, 0.3) is 0 Å². The van der Waals surface area contributed by atoms with E-state index in [-0.39, 0.29) is 4.75 Å². The third kappa shape index (κ3) is 8.46. The van der Waals surface area contributed by atoms with Crippen LogP contribution in [0.3, 0.4) is 0 Å². The summed E-state index contributed by atoms with van der Waals surface area (Å²) in [6, 6.07) is 0. The molecule has 16 heavy (non-hydrogen) atoms. The molecule has 0 N–H and O–H groups in total. The van der Waals surface area contributed by atoms with Crippen LogP contribution in [0.25, 0.3) is 0 Å². The average molecular weight is 246 g/mol. The molecule has 0 aromatic rings. The molecule has 98 valence electrons. The van der Waals surface area contributed by atoms with Crippen LogP contribution < -0.4 is 0 Å². The Morgan fingerprint density at radius 3 is 2.06 bits per heavy atom. The first-order valence-electron chi connectivity index (χ1n) is 6.86. The zero-order valence-corrected chi connectivity index (χ0v) is 12.5. The molecule has 0 fully saturated rings. The lowest BCUT2D eigenvalue weighted by Gasteiger charge is -2.29. The van der Waals surface area contributed by atoms with E-state index in [0.717, 1.165) is 13.0 Å². The third-order valence-electron chi connectivity index (χ3n) is 2.98. The Labute approximate surface area is 108 Å². The summed E-state index contributed by atoms with van der Waals surface area (Å²) >= 11 is 4.62. The number of thiol groups is 1. The largest absolute Gasteiger partial charge is 0.377 e. The minimum absolute atomic E-state index is 0.0145. The van der Waals surface area contributed by atoms with Crippen LogP contribution in [0.15, 0.2) is 0 Å². The van der Waals surface area contributed by atoms with Crippen molar-refractivity contribution in [1.29, 1.82) is 0 Å². The molecule has 0 aliphatic heterocycles.